The summed E-state index contributed by atoms with van der Waals surface area (Å²) in [6, 6.07) is 1.22. The van der Waals surface area contributed by atoms with Crippen molar-refractivity contribution in [3.8, 4) is 0 Å². The molecule has 0 radical (unpaired) electrons. The fraction of sp³-hybridized carbons (Fsp3) is 0.750. The maximum atomic E-state index is 4.33. The largest absolute Gasteiger partial charge is 0.348 e. The van der Waals surface area contributed by atoms with Crippen LogP contribution < -0.4 is 10.9 Å². The van der Waals surface area contributed by atoms with Crippen molar-refractivity contribution in [2.75, 3.05) is 13.1 Å². The molecule has 3 rings (SSSR count). The lowest BCUT2D eigenvalue weighted by molar-refractivity contribution is 0.184. The highest BCUT2D eigenvalue weighted by molar-refractivity contribution is 4.97. The minimum Gasteiger partial charge on any atom is -0.348 e. The summed E-state index contributed by atoms with van der Waals surface area (Å²) in [5.74, 6) is 1.78. The number of nitrogens with one attached hydrogen (secondary N) is 3. The van der Waals surface area contributed by atoms with Gasteiger partial charge in [-0.2, -0.15) is 0 Å². The van der Waals surface area contributed by atoms with E-state index in [9.17, 15) is 0 Å². The Balaban J connectivity index is 1.67. The highest BCUT2D eigenvalue weighted by atomic mass is 15.4. The molecule has 5 heteroatoms. The summed E-state index contributed by atoms with van der Waals surface area (Å²) < 4.78 is 0. The zero-order valence-corrected chi connectivity index (χ0v) is 10.3. The van der Waals surface area contributed by atoms with Crippen molar-refractivity contribution in [3.63, 3.8) is 0 Å². The SMILES string of the molecule is CC1CNNC1C1CCCN1Cc1ncc[nH]1. The fourth-order valence-electron chi connectivity index (χ4n) is 3.11. The summed E-state index contributed by atoms with van der Waals surface area (Å²) in [7, 11) is 0. The van der Waals surface area contributed by atoms with Crippen molar-refractivity contribution in [1.82, 2.24) is 25.7 Å². The minimum atomic E-state index is 0.576. The highest BCUT2D eigenvalue weighted by Gasteiger charge is 2.37. The predicted octanol–water partition coefficient (Wildman–Crippen LogP) is 0.487. The Bertz CT molecular complexity index is 350. The van der Waals surface area contributed by atoms with E-state index < -0.39 is 0 Å². The van der Waals surface area contributed by atoms with Gasteiger partial charge in [0.15, 0.2) is 0 Å². The van der Waals surface area contributed by atoms with Crippen LogP contribution >= 0.6 is 0 Å². The first kappa shape index (κ1) is 11.2. The molecule has 3 N–H and O–H groups in total. The zero-order valence-electron chi connectivity index (χ0n) is 10.3. The minimum absolute atomic E-state index is 0.576. The van der Waals surface area contributed by atoms with Crippen LogP contribution in [0.1, 0.15) is 25.6 Å². The number of H-pyrrole nitrogens is 1. The van der Waals surface area contributed by atoms with E-state index in [0.29, 0.717) is 18.0 Å². The number of imidazole rings is 1. The molecule has 0 saturated carbocycles. The van der Waals surface area contributed by atoms with E-state index in [0.717, 1.165) is 18.9 Å². The van der Waals surface area contributed by atoms with Crippen LogP contribution in [0, 0.1) is 5.92 Å². The molecule has 3 unspecified atom stereocenters. The quantitative estimate of drug-likeness (QED) is 0.713. The van der Waals surface area contributed by atoms with Gasteiger partial charge in [0.2, 0.25) is 0 Å². The Hall–Kier alpha value is -0.910. The Morgan fingerprint density at radius 1 is 1.53 bits per heavy atom. The number of aromatic amines is 1. The lowest BCUT2D eigenvalue weighted by Crippen LogP contribution is -2.47. The van der Waals surface area contributed by atoms with Gasteiger partial charge in [-0.25, -0.2) is 4.98 Å². The van der Waals surface area contributed by atoms with E-state index in [1.54, 1.807) is 0 Å². The first-order chi connectivity index (χ1) is 8.34. The summed E-state index contributed by atoms with van der Waals surface area (Å²) in [4.78, 5) is 10.1. The van der Waals surface area contributed by atoms with Gasteiger partial charge < -0.3 is 4.98 Å². The number of hydrogen-bond acceptors (Lipinski definition) is 4. The zero-order chi connectivity index (χ0) is 11.7. The Labute approximate surface area is 102 Å². The van der Waals surface area contributed by atoms with Crippen LogP contribution in [0.3, 0.4) is 0 Å². The average molecular weight is 235 g/mol. The number of hydrogen-bond donors (Lipinski definition) is 3. The van der Waals surface area contributed by atoms with Crippen LogP contribution in [0.5, 0.6) is 0 Å². The molecule has 2 aliphatic heterocycles. The molecule has 17 heavy (non-hydrogen) atoms. The molecule has 3 atom stereocenters. The van der Waals surface area contributed by atoms with Gasteiger partial charge in [-0.3, -0.25) is 15.8 Å². The van der Waals surface area contributed by atoms with Crippen molar-refractivity contribution < 1.29 is 0 Å². The fourth-order valence-corrected chi connectivity index (χ4v) is 3.11. The van der Waals surface area contributed by atoms with E-state index in [2.05, 4.69) is 32.6 Å². The van der Waals surface area contributed by atoms with Gasteiger partial charge in [-0.1, -0.05) is 6.92 Å². The Morgan fingerprint density at radius 3 is 3.18 bits per heavy atom. The summed E-state index contributed by atoms with van der Waals surface area (Å²) in [5, 5.41) is 0. The molecular formula is C12H21N5. The summed E-state index contributed by atoms with van der Waals surface area (Å²) >= 11 is 0. The number of aromatic nitrogens is 2. The van der Waals surface area contributed by atoms with Crippen LogP contribution in [0.25, 0.3) is 0 Å². The van der Waals surface area contributed by atoms with E-state index in [-0.39, 0.29) is 0 Å². The van der Waals surface area contributed by atoms with Crippen molar-refractivity contribution in [2.24, 2.45) is 5.92 Å². The lowest BCUT2D eigenvalue weighted by Gasteiger charge is -2.30. The topological polar surface area (TPSA) is 56.0 Å². The molecule has 0 aliphatic carbocycles. The lowest BCUT2D eigenvalue weighted by atomic mass is 9.95. The maximum absolute atomic E-state index is 4.33. The number of hydrazine groups is 1. The Kier molecular flexibility index (Phi) is 3.13. The molecule has 0 aromatic carbocycles. The second-order valence-electron chi connectivity index (χ2n) is 5.24. The molecule has 2 saturated heterocycles. The van der Waals surface area contributed by atoms with Gasteiger partial charge in [-0.15, -0.1) is 0 Å². The predicted molar refractivity (Wildman–Crippen MR) is 66.1 cm³/mol. The second-order valence-corrected chi connectivity index (χ2v) is 5.24. The summed E-state index contributed by atoms with van der Waals surface area (Å²) in [6.07, 6.45) is 6.33. The molecular weight excluding hydrogens is 214 g/mol. The molecule has 1 aromatic heterocycles. The standard InChI is InChI=1S/C12H21N5/c1-9-7-15-16-12(9)10-3-2-6-17(10)8-11-13-4-5-14-11/h4-5,9-10,12,15-16H,2-3,6-8H2,1H3,(H,13,14). The van der Waals surface area contributed by atoms with E-state index in [1.807, 2.05) is 12.4 Å². The number of nitrogens with zero attached hydrogens (tertiary/aromatic N) is 2. The number of likely N-dealkylation sites (tertiary alicyclic amines) is 1. The highest BCUT2D eigenvalue weighted by Crippen LogP contribution is 2.26. The third-order valence-electron chi connectivity index (χ3n) is 4.04. The molecule has 0 amide bonds. The molecule has 2 fully saturated rings. The van der Waals surface area contributed by atoms with Crippen LogP contribution in [-0.2, 0) is 6.54 Å². The summed E-state index contributed by atoms with van der Waals surface area (Å²) in [6.45, 7) is 5.54. The van der Waals surface area contributed by atoms with Gasteiger partial charge in [-0.05, 0) is 25.3 Å². The van der Waals surface area contributed by atoms with Gasteiger partial charge in [0.05, 0.1) is 6.54 Å². The molecule has 1 aromatic rings. The molecule has 94 valence electrons. The summed E-state index contributed by atoms with van der Waals surface area (Å²) in [5.41, 5.74) is 6.71. The van der Waals surface area contributed by atoms with Crippen molar-refractivity contribution in [2.45, 2.75) is 38.4 Å². The molecule has 5 nitrogen and oxygen atoms in total. The first-order valence-electron chi connectivity index (χ1n) is 6.55. The molecule has 0 bridgehead atoms. The van der Waals surface area contributed by atoms with Crippen LogP contribution in [0.2, 0.25) is 0 Å². The second kappa shape index (κ2) is 4.76. The third kappa shape index (κ3) is 2.22. The maximum Gasteiger partial charge on any atom is 0.120 e. The Morgan fingerprint density at radius 2 is 2.47 bits per heavy atom. The van der Waals surface area contributed by atoms with Crippen LogP contribution in [-0.4, -0.2) is 40.0 Å². The van der Waals surface area contributed by atoms with Gasteiger partial charge in [0.1, 0.15) is 5.82 Å². The van der Waals surface area contributed by atoms with Gasteiger partial charge in [0.25, 0.3) is 0 Å². The van der Waals surface area contributed by atoms with Crippen molar-refractivity contribution in [1.29, 1.82) is 0 Å². The van der Waals surface area contributed by atoms with Gasteiger partial charge >= 0.3 is 0 Å². The van der Waals surface area contributed by atoms with E-state index >= 15 is 0 Å². The van der Waals surface area contributed by atoms with Crippen LogP contribution in [0.4, 0.5) is 0 Å². The number of rotatable bonds is 3. The monoisotopic (exact) mass is 235 g/mol. The van der Waals surface area contributed by atoms with Gasteiger partial charge in [0, 0.05) is 31.0 Å². The molecule has 3 heterocycles. The average Bonchev–Trinajstić information content (AvgIpc) is 3.00. The van der Waals surface area contributed by atoms with Crippen molar-refractivity contribution in [3.05, 3.63) is 18.2 Å². The van der Waals surface area contributed by atoms with E-state index in [1.165, 1.54) is 19.4 Å². The normalized spacial score (nSPS) is 34.5. The molecule has 2 aliphatic rings. The smallest absolute Gasteiger partial charge is 0.120 e. The van der Waals surface area contributed by atoms with E-state index in [4.69, 9.17) is 0 Å². The third-order valence-corrected chi connectivity index (χ3v) is 4.04. The first-order valence-corrected chi connectivity index (χ1v) is 6.55. The van der Waals surface area contributed by atoms with Crippen molar-refractivity contribution >= 4 is 0 Å². The molecule has 0 spiro atoms. The van der Waals surface area contributed by atoms with Crippen LogP contribution in [0.15, 0.2) is 12.4 Å².